The minimum Gasteiger partial charge on any atom is -0.382 e. The number of carbonyl (C=O) groups is 2. The number of amides is 2. The van der Waals surface area contributed by atoms with E-state index in [-0.39, 0.29) is 29.2 Å². The first kappa shape index (κ1) is 15.9. The largest absolute Gasteiger partial charge is 0.382 e. The number of carbonyl (C=O) groups excluding carboxylic acids is 2. The normalized spacial score (nSPS) is 13.8. The molecule has 1 aromatic heterocycles. The van der Waals surface area contributed by atoms with E-state index in [0.717, 1.165) is 30.5 Å². The quantitative estimate of drug-likeness (QED) is 0.775. The fourth-order valence-electron chi connectivity index (χ4n) is 2.46. The Morgan fingerprint density at radius 1 is 1.21 bits per heavy atom. The highest BCUT2D eigenvalue weighted by Gasteiger charge is 2.25. The zero-order chi connectivity index (χ0) is 16.9. The van der Waals surface area contributed by atoms with Crippen LogP contribution in [-0.2, 0) is 11.3 Å². The molecule has 0 radical (unpaired) electrons. The zero-order valence-corrected chi connectivity index (χ0v) is 13.2. The monoisotopic (exact) mass is 325 g/mol. The molecule has 1 fully saturated rings. The molecule has 24 heavy (non-hydrogen) atoms. The number of rotatable bonds is 5. The summed E-state index contributed by atoms with van der Waals surface area (Å²) in [4.78, 5) is 31.8. The smallest absolute Gasteiger partial charge is 0.273 e. The van der Waals surface area contributed by atoms with Crippen LogP contribution >= 0.6 is 0 Å². The van der Waals surface area contributed by atoms with Crippen molar-refractivity contribution >= 4 is 23.3 Å². The van der Waals surface area contributed by atoms with Crippen molar-refractivity contribution in [2.24, 2.45) is 5.92 Å². The molecule has 1 aromatic carbocycles. The molecule has 2 aromatic rings. The number of aromatic nitrogens is 2. The Balaban J connectivity index is 1.59. The number of benzene rings is 1. The van der Waals surface area contributed by atoms with E-state index in [9.17, 15) is 9.59 Å². The summed E-state index contributed by atoms with van der Waals surface area (Å²) >= 11 is 0. The number of hydrogen-bond acceptors (Lipinski definition) is 5. The van der Waals surface area contributed by atoms with Gasteiger partial charge in [-0.15, -0.1) is 0 Å². The highest BCUT2D eigenvalue weighted by Crippen LogP contribution is 2.27. The van der Waals surface area contributed by atoms with Crippen LogP contribution in [0.1, 0.15) is 35.3 Å². The average Bonchev–Trinajstić information content (AvgIpc) is 2.51. The van der Waals surface area contributed by atoms with Crippen molar-refractivity contribution in [2.45, 2.75) is 25.8 Å². The van der Waals surface area contributed by atoms with Gasteiger partial charge < -0.3 is 16.4 Å². The lowest BCUT2D eigenvalue weighted by molar-refractivity contribution is -0.122. The lowest BCUT2D eigenvalue weighted by Crippen LogP contribution is -2.28. The van der Waals surface area contributed by atoms with Gasteiger partial charge in [0.2, 0.25) is 5.91 Å². The predicted molar refractivity (Wildman–Crippen MR) is 90.0 cm³/mol. The first-order valence-corrected chi connectivity index (χ1v) is 7.88. The van der Waals surface area contributed by atoms with Crippen LogP contribution in [-0.4, -0.2) is 21.8 Å². The van der Waals surface area contributed by atoms with E-state index in [4.69, 9.17) is 5.73 Å². The molecule has 0 bridgehead atoms. The zero-order valence-electron chi connectivity index (χ0n) is 13.2. The van der Waals surface area contributed by atoms with Crippen LogP contribution in [0.5, 0.6) is 0 Å². The van der Waals surface area contributed by atoms with Crippen LogP contribution in [0.25, 0.3) is 0 Å². The predicted octanol–water partition coefficient (Wildman–Crippen LogP) is 1.73. The van der Waals surface area contributed by atoms with Gasteiger partial charge in [0.1, 0.15) is 0 Å². The minimum atomic E-state index is -0.385. The first-order valence-electron chi connectivity index (χ1n) is 7.88. The van der Waals surface area contributed by atoms with Gasteiger partial charge in [-0.1, -0.05) is 18.6 Å². The maximum atomic E-state index is 12.1. The first-order chi connectivity index (χ1) is 11.6. The summed E-state index contributed by atoms with van der Waals surface area (Å²) in [6.07, 6.45) is 5.89. The minimum absolute atomic E-state index is 0.0646. The number of nitrogen functional groups attached to an aromatic ring is 1. The van der Waals surface area contributed by atoms with Gasteiger partial charge in [-0.25, -0.2) is 9.97 Å². The van der Waals surface area contributed by atoms with E-state index < -0.39 is 0 Å². The van der Waals surface area contributed by atoms with Gasteiger partial charge in [0.15, 0.2) is 11.5 Å². The molecule has 0 spiro atoms. The molecule has 7 nitrogen and oxygen atoms in total. The third-order valence-corrected chi connectivity index (χ3v) is 4.07. The number of nitrogens with zero attached hydrogens (tertiary/aromatic N) is 2. The molecule has 0 unspecified atom stereocenters. The third kappa shape index (κ3) is 3.68. The number of hydrogen-bond donors (Lipinski definition) is 3. The van der Waals surface area contributed by atoms with Gasteiger partial charge >= 0.3 is 0 Å². The Bertz CT molecular complexity index is 758. The molecule has 1 aliphatic rings. The summed E-state index contributed by atoms with van der Waals surface area (Å²) in [5.41, 5.74) is 7.34. The molecule has 0 saturated heterocycles. The summed E-state index contributed by atoms with van der Waals surface area (Å²) in [7, 11) is 0. The maximum absolute atomic E-state index is 12.1. The molecule has 2 amide bonds. The van der Waals surface area contributed by atoms with Crippen LogP contribution in [0.15, 0.2) is 36.7 Å². The molecule has 7 heteroatoms. The van der Waals surface area contributed by atoms with Crippen molar-refractivity contribution in [1.29, 1.82) is 0 Å². The summed E-state index contributed by atoms with van der Waals surface area (Å²) in [5.74, 6) is -0.0937. The summed E-state index contributed by atoms with van der Waals surface area (Å²) in [6, 6.07) is 7.40. The van der Waals surface area contributed by atoms with Gasteiger partial charge in [-0.2, -0.15) is 0 Å². The fraction of sp³-hybridized carbons (Fsp3) is 0.294. The standard InChI is InChI=1S/C17H19N5O2/c18-15-14(19-7-8-20-15)17(24)21-10-11-3-1-6-13(9-11)22-16(23)12-4-2-5-12/h1,3,6-9,12H,2,4-5,10H2,(H2,18,20)(H,21,24)(H,22,23). The van der Waals surface area contributed by atoms with Crippen molar-refractivity contribution in [1.82, 2.24) is 15.3 Å². The topological polar surface area (TPSA) is 110 Å². The average molecular weight is 325 g/mol. The Labute approximate surface area is 139 Å². The number of nitrogens with one attached hydrogen (secondary N) is 2. The highest BCUT2D eigenvalue weighted by molar-refractivity contribution is 5.96. The molecule has 3 rings (SSSR count). The second-order valence-corrected chi connectivity index (χ2v) is 5.79. The van der Waals surface area contributed by atoms with E-state index in [2.05, 4.69) is 20.6 Å². The van der Waals surface area contributed by atoms with Crippen molar-refractivity contribution in [2.75, 3.05) is 11.1 Å². The molecule has 124 valence electrons. The van der Waals surface area contributed by atoms with Gasteiger partial charge in [0, 0.05) is 30.5 Å². The van der Waals surface area contributed by atoms with Crippen LogP contribution in [0.3, 0.4) is 0 Å². The maximum Gasteiger partial charge on any atom is 0.273 e. The fourth-order valence-corrected chi connectivity index (χ4v) is 2.46. The number of nitrogens with two attached hydrogens (primary N) is 1. The molecule has 0 aliphatic heterocycles. The lowest BCUT2D eigenvalue weighted by Gasteiger charge is -2.24. The van der Waals surface area contributed by atoms with Crippen LogP contribution < -0.4 is 16.4 Å². The third-order valence-electron chi connectivity index (χ3n) is 4.07. The Morgan fingerprint density at radius 3 is 2.71 bits per heavy atom. The molecule has 0 atom stereocenters. The van der Waals surface area contributed by atoms with E-state index in [1.165, 1.54) is 12.4 Å². The molecular weight excluding hydrogens is 306 g/mol. The van der Waals surface area contributed by atoms with E-state index >= 15 is 0 Å². The van der Waals surface area contributed by atoms with Gasteiger partial charge in [-0.3, -0.25) is 9.59 Å². The Kier molecular flexibility index (Phi) is 4.69. The van der Waals surface area contributed by atoms with Gasteiger partial charge in [0.05, 0.1) is 0 Å². The second-order valence-electron chi connectivity index (χ2n) is 5.79. The molecule has 4 N–H and O–H groups in total. The molecular formula is C17H19N5O2. The number of anilines is 2. The summed E-state index contributed by atoms with van der Waals surface area (Å²) < 4.78 is 0. The van der Waals surface area contributed by atoms with Crippen molar-refractivity contribution in [3.63, 3.8) is 0 Å². The van der Waals surface area contributed by atoms with E-state index in [1.807, 2.05) is 24.3 Å². The summed E-state index contributed by atoms with van der Waals surface area (Å²) in [6.45, 7) is 0.308. The summed E-state index contributed by atoms with van der Waals surface area (Å²) in [5, 5.41) is 5.67. The second kappa shape index (κ2) is 7.08. The lowest BCUT2D eigenvalue weighted by atomic mass is 9.85. The van der Waals surface area contributed by atoms with Gasteiger partial charge in [0.25, 0.3) is 5.91 Å². The SMILES string of the molecule is Nc1nccnc1C(=O)NCc1cccc(NC(=O)C2CCC2)c1. The molecule has 1 saturated carbocycles. The van der Waals surface area contributed by atoms with Crippen molar-refractivity contribution < 1.29 is 9.59 Å². The molecule has 1 aliphatic carbocycles. The van der Waals surface area contributed by atoms with E-state index in [0.29, 0.717) is 6.54 Å². The van der Waals surface area contributed by atoms with Crippen LogP contribution in [0.2, 0.25) is 0 Å². The highest BCUT2D eigenvalue weighted by atomic mass is 16.2. The van der Waals surface area contributed by atoms with Crippen molar-refractivity contribution in [3.05, 3.63) is 47.9 Å². The van der Waals surface area contributed by atoms with Crippen LogP contribution in [0.4, 0.5) is 11.5 Å². The molecule has 1 heterocycles. The van der Waals surface area contributed by atoms with E-state index in [1.54, 1.807) is 0 Å². The van der Waals surface area contributed by atoms with Crippen LogP contribution in [0, 0.1) is 5.92 Å². The van der Waals surface area contributed by atoms with Crippen molar-refractivity contribution in [3.8, 4) is 0 Å². The Morgan fingerprint density at radius 2 is 2.00 bits per heavy atom. The Hall–Kier alpha value is -2.96. The van der Waals surface area contributed by atoms with Gasteiger partial charge in [-0.05, 0) is 30.5 Å².